The van der Waals surface area contributed by atoms with Crippen LogP contribution in [-0.2, 0) is 4.79 Å². The van der Waals surface area contributed by atoms with Gasteiger partial charge < -0.3 is 16.0 Å². The SMILES string of the molecule is O=C(CC1CCCC1)NCCNC(=O)N[C@@H]1C=CCCC1. The van der Waals surface area contributed by atoms with Crippen LogP contribution in [0.2, 0.25) is 0 Å². The number of rotatable bonds is 6. The van der Waals surface area contributed by atoms with Crippen LogP contribution in [0.25, 0.3) is 0 Å². The maximum atomic E-state index is 11.7. The zero-order valence-corrected chi connectivity index (χ0v) is 12.7. The molecular formula is C16H27N3O2. The van der Waals surface area contributed by atoms with Gasteiger partial charge in [-0.2, -0.15) is 0 Å². The van der Waals surface area contributed by atoms with Crippen molar-refractivity contribution < 1.29 is 9.59 Å². The fourth-order valence-corrected chi connectivity index (χ4v) is 3.08. The summed E-state index contributed by atoms with van der Waals surface area (Å²) in [6.45, 7) is 0.970. The summed E-state index contributed by atoms with van der Waals surface area (Å²) in [7, 11) is 0. The zero-order chi connectivity index (χ0) is 14.9. The number of carbonyl (C=O) groups is 2. The van der Waals surface area contributed by atoms with Crippen molar-refractivity contribution in [2.24, 2.45) is 5.92 Å². The first-order chi connectivity index (χ1) is 10.2. The van der Waals surface area contributed by atoms with Crippen LogP contribution in [0.1, 0.15) is 51.4 Å². The van der Waals surface area contributed by atoms with E-state index in [1.807, 2.05) is 6.08 Å². The molecule has 0 aliphatic heterocycles. The van der Waals surface area contributed by atoms with Crippen molar-refractivity contribution in [3.8, 4) is 0 Å². The van der Waals surface area contributed by atoms with E-state index in [9.17, 15) is 9.59 Å². The van der Waals surface area contributed by atoms with Gasteiger partial charge in [0.05, 0.1) is 0 Å². The van der Waals surface area contributed by atoms with E-state index in [1.165, 1.54) is 25.7 Å². The van der Waals surface area contributed by atoms with Crippen molar-refractivity contribution in [3.05, 3.63) is 12.2 Å². The number of urea groups is 1. The highest BCUT2D eigenvalue weighted by Gasteiger charge is 2.18. The van der Waals surface area contributed by atoms with Crippen molar-refractivity contribution in [1.82, 2.24) is 16.0 Å². The van der Waals surface area contributed by atoms with Crippen LogP contribution in [0, 0.1) is 5.92 Å². The molecule has 0 saturated heterocycles. The molecule has 0 bridgehead atoms. The molecule has 3 amide bonds. The van der Waals surface area contributed by atoms with Gasteiger partial charge in [-0.3, -0.25) is 4.79 Å². The first-order valence-corrected chi connectivity index (χ1v) is 8.22. The highest BCUT2D eigenvalue weighted by atomic mass is 16.2. The molecule has 0 aromatic rings. The van der Waals surface area contributed by atoms with Crippen molar-refractivity contribution in [1.29, 1.82) is 0 Å². The van der Waals surface area contributed by atoms with Crippen LogP contribution in [0.4, 0.5) is 4.79 Å². The summed E-state index contributed by atoms with van der Waals surface area (Å²) in [5.74, 6) is 0.679. The van der Waals surface area contributed by atoms with E-state index in [4.69, 9.17) is 0 Å². The van der Waals surface area contributed by atoms with Gasteiger partial charge in [0.2, 0.25) is 5.91 Å². The average Bonchev–Trinajstić information content (AvgIpc) is 2.97. The monoisotopic (exact) mass is 293 g/mol. The molecule has 0 aromatic heterocycles. The first kappa shape index (κ1) is 15.9. The van der Waals surface area contributed by atoms with E-state index < -0.39 is 0 Å². The molecule has 21 heavy (non-hydrogen) atoms. The molecule has 1 atom stereocenters. The summed E-state index contributed by atoms with van der Waals surface area (Å²) in [6, 6.07) is -0.00713. The summed E-state index contributed by atoms with van der Waals surface area (Å²) in [5.41, 5.74) is 0. The Morgan fingerprint density at radius 3 is 2.48 bits per heavy atom. The van der Waals surface area contributed by atoms with Gasteiger partial charge in [-0.25, -0.2) is 4.79 Å². The van der Waals surface area contributed by atoms with Crippen LogP contribution >= 0.6 is 0 Å². The molecular weight excluding hydrogens is 266 g/mol. The lowest BCUT2D eigenvalue weighted by molar-refractivity contribution is -0.121. The average molecular weight is 293 g/mol. The van der Waals surface area contributed by atoms with Crippen molar-refractivity contribution >= 4 is 11.9 Å². The summed E-state index contributed by atoms with van der Waals surface area (Å²) >= 11 is 0. The Labute approximate surface area is 126 Å². The lowest BCUT2D eigenvalue weighted by Crippen LogP contribution is -2.44. The number of hydrogen-bond donors (Lipinski definition) is 3. The second kappa shape index (κ2) is 8.70. The van der Waals surface area contributed by atoms with Crippen LogP contribution < -0.4 is 16.0 Å². The Bertz CT molecular complexity index is 376. The molecule has 2 rings (SSSR count). The second-order valence-corrected chi connectivity index (χ2v) is 6.07. The quantitative estimate of drug-likeness (QED) is 0.518. The molecule has 5 heteroatoms. The van der Waals surface area contributed by atoms with Gasteiger partial charge in [-0.05, 0) is 38.0 Å². The maximum Gasteiger partial charge on any atom is 0.315 e. The van der Waals surface area contributed by atoms with E-state index >= 15 is 0 Å². The van der Waals surface area contributed by atoms with Crippen molar-refractivity contribution in [2.75, 3.05) is 13.1 Å². The Balaban J connectivity index is 1.50. The standard InChI is InChI=1S/C16H27N3O2/c20-15(12-13-6-4-5-7-13)17-10-11-18-16(21)19-14-8-2-1-3-9-14/h2,8,13-14H,1,3-7,9-12H2,(H,17,20)(H2,18,19,21)/t14-/m1/s1. The predicted octanol–water partition coefficient (Wildman–Crippen LogP) is 2.09. The first-order valence-electron chi connectivity index (χ1n) is 8.22. The summed E-state index contributed by atoms with van der Waals surface area (Å²) in [5, 5.41) is 8.57. The fourth-order valence-electron chi connectivity index (χ4n) is 3.08. The van der Waals surface area contributed by atoms with Gasteiger partial charge in [-0.15, -0.1) is 0 Å². The van der Waals surface area contributed by atoms with Crippen LogP contribution in [0.3, 0.4) is 0 Å². The molecule has 3 N–H and O–H groups in total. The maximum absolute atomic E-state index is 11.7. The molecule has 2 aliphatic rings. The number of amides is 3. The second-order valence-electron chi connectivity index (χ2n) is 6.07. The number of carbonyl (C=O) groups excluding carboxylic acids is 2. The largest absolute Gasteiger partial charge is 0.354 e. The van der Waals surface area contributed by atoms with Crippen LogP contribution in [0.15, 0.2) is 12.2 Å². The molecule has 0 aromatic carbocycles. The van der Waals surface area contributed by atoms with Gasteiger partial charge in [0.1, 0.15) is 0 Å². The normalized spacial score (nSPS) is 22.0. The summed E-state index contributed by atoms with van der Waals surface area (Å²) in [4.78, 5) is 23.4. The van der Waals surface area contributed by atoms with E-state index in [-0.39, 0.29) is 18.0 Å². The van der Waals surface area contributed by atoms with Gasteiger partial charge in [0.15, 0.2) is 0 Å². The Hall–Kier alpha value is -1.52. The third-order valence-corrected chi connectivity index (χ3v) is 4.25. The third kappa shape index (κ3) is 6.19. The highest BCUT2D eigenvalue weighted by molar-refractivity contribution is 5.76. The lowest BCUT2D eigenvalue weighted by atomic mass is 10.0. The van der Waals surface area contributed by atoms with Crippen molar-refractivity contribution in [2.45, 2.75) is 57.4 Å². The van der Waals surface area contributed by atoms with Gasteiger partial charge >= 0.3 is 6.03 Å². The molecule has 2 aliphatic carbocycles. The van der Waals surface area contributed by atoms with E-state index in [1.54, 1.807) is 0 Å². The Morgan fingerprint density at radius 1 is 1.00 bits per heavy atom. The molecule has 1 saturated carbocycles. The van der Waals surface area contributed by atoms with Gasteiger partial charge in [-0.1, -0.05) is 25.0 Å². The topological polar surface area (TPSA) is 70.2 Å². The molecule has 118 valence electrons. The number of allylic oxidation sites excluding steroid dienone is 1. The van der Waals surface area contributed by atoms with Gasteiger partial charge in [0.25, 0.3) is 0 Å². The minimum absolute atomic E-state index is 0.110. The van der Waals surface area contributed by atoms with Crippen molar-refractivity contribution in [3.63, 3.8) is 0 Å². The minimum atomic E-state index is -0.156. The summed E-state index contributed by atoms with van der Waals surface area (Å²) in [6.07, 6.45) is 12.9. The van der Waals surface area contributed by atoms with Gasteiger partial charge in [0, 0.05) is 25.6 Å². The smallest absolute Gasteiger partial charge is 0.315 e. The molecule has 0 spiro atoms. The number of nitrogens with one attached hydrogen (secondary N) is 3. The third-order valence-electron chi connectivity index (χ3n) is 4.25. The lowest BCUT2D eigenvalue weighted by Gasteiger charge is -2.18. The van der Waals surface area contributed by atoms with E-state index in [0.29, 0.717) is 25.4 Å². The molecule has 0 unspecified atom stereocenters. The van der Waals surface area contributed by atoms with Crippen LogP contribution in [-0.4, -0.2) is 31.1 Å². The fraction of sp³-hybridized carbons (Fsp3) is 0.750. The molecule has 1 fully saturated rings. The summed E-state index contributed by atoms with van der Waals surface area (Å²) < 4.78 is 0. The zero-order valence-electron chi connectivity index (χ0n) is 12.7. The Morgan fingerprint density at radius 2 is 1.76 bits per heavy atom. The number of hydrogen-bond acceptors (Lipinski definition) is 2. The predicted molar refractivity (Wildman–Crippen MR) is 82.9 cm³/mol. The highest BCUT2D eigenvalue weighted by Crippen LogP contribution is 2.27. The van der Waals surface area contributed by atoms with Crippen LogP contribution in [0.5, 0.6) is 0 Å². The molecule has 0 heterocycles. The van der Waals surface area contributed by atoms with E-state index in [0.717, 1.165) is 19.3 Å². The molecule has 5 nitrogen and oxygen atoms in total. The Kier molecular flexibility index (Phi) is 6.57. The van der Waals surface area contributed by atoms with E-state index in [2.05, 4.69) is 22.0 Å². The molecule has 0 radical (unpaired) electrons. The minimum Gasteiger partial charge on any atom is -0.354 e.